The molecule has 5 nitrogen and oxygen atoms in total. The fourth-order valence-electron chi connectivity index (χ4n) is 2.75. The van der Waals surface area contributed by atoms with Crippen LogP contribution in [-0.2, 0) is 4.79 Å². The lowest BCUT2D eigenvalue weighted by atomic mass is 10.2. The summed E-state index contributed by atoms with van der Waals surface area (Å²) in [5.41, 5.74) is 1.20. The molecule has 1 fully saturated rings. The zero-order valence-corrected chi connectivity index (χ0v) is 13.2. The minimum atomic E-state index is -0.224. The van der Waals surface area contributed by atoms with Crippen LogP contribution in [0.5, 0.6) is 0 Å². The molecule has 0 radical (unpaired) electrons. The molecule has 1 N–H and O–H groups in total. The lowest BCUT2D eigenvalue weighted by molar-refractivity contribution is -0.130. The number of benzene rings is 1. The third kappa shape index (κ3) is 4.47. The summed E-state index contributed by atoms with van der Waals surface area (Å²) in [6.07, 6.45) is 2.72. The molecule has 1 amide bonds. The smallest absolute Gasteiger partial charge is 0.237 e. The molecule has 0 bridgehead atoms. The number of hydrogen-bond donors (Lipinski definition) is 1. The Balaban J connectivity index is 1.61. The van der Waals surface area contributed by atoms with Crippen molar-refractivity contribution in [1.29, 1.82) is 5.26 Å². The Bertz CT molecular complexity index is 511. The molecule has 1 saturated heterocycles. The summed E-state index contributed by atoms with van der Waals surface area (Å²) in [6.45, 7) is 2.78. The van der Waals surface area contributed by atoms with E-state index in [9.17, 15) is 4.79 Å². The minimum absolute atomic E-state index is 0.0421. The van der Waals surface area contributed by atoms with Gasteiger partial charge in [0.15, 0.2) is 0 Å². The number of nitrogens with zero attached hydrogens (tertiary/aromatic N) is 3. The zero-order valence-electron chi connectivity index (χ0n) is 13.2. The van der Waals surface area contributed by atoms with Crippen LogP contribution in [0.25, 0.3) is 0 Å². The monoisotopic (exact) mass is 300 g/mol. The van der Waals surface area contributed by atoms with Crippen LogP contribution in [0.1, 0.15) is 19.3 Å². The number of carbonyl (C=O) groups excluding carboxylic acids is 1. The zero-order chi connectivity index (χ0) is 15.8. The number of carbonyl (C=O) groups is 1. The summed E-state index contributed by atoms with van der Waals surface area (Å²) in [5, 5.41) is 12.2. The quantitative estimate of drug-likeness (QED) is 0.777. The summed E-state index contributed by atoms with van der Waals surface area (Å²) in [4.78, 5) is 15.9. The van der Waals surface area contributed by atoms with E-state index in [1.807, 2.05) is 18.2 Å². The molecule has 1 atom stereocenters. The van der Waals surface area contributed by atoms with E-state index in [0.717, 1.165) is 38.9 Å². The SMILES string of the molecule is CN(CCCNCC(=O)N1CCC[C@H]1C#N)c1ccccc1. The highest BCUT2D eigenvalue weighted by molar-refractivity contribution is 5.79. The second-order valence-electron chi connectivity index (χ2n) is 5.66. The Labute approximate surface area is 132 Å². The van der Waals surface area contributed by atoms with Gasteiger partial charge < -0.3 is 15.1 Å². The fraction of sp³-hybridized carbons (Fsp3) is 0.529. The molecule has 2 rings (SSSR count). The van der Waals surface area contributed by atoms with Crippen LogP contribution in [-0.4, -0.2) is 50.1 Å². The largest absolute Gasteiger partial charge is 0.375 e. The van der Waals surface area contributed by atoms with Crippen molar-refractivity contribution in [3.63, 3.8) is 0 Å². The maximum Gasteiger partial charge on any atom is 0.237 e. The van der Waals surface area contributed by atoms with E-state index in [4.69, 9.17) is 5.26 Å². The molecular formula is C17H24N4O. The number of likely N-dealkylation sites (tertiary alicyclic amines) is 1. The van der Waals surface area contributed by atoms with Crippen molar-refractivity contribution in [3.8, 4) is 6.07 Å². The van der Waals surface area contributed by atoms with Crippen LogP contribution in [0.4, 0.5) is 5.69 Å². The van der Waals surface area contributed by atoms with Gasteiger partial charge in [0.25, 0.3) is 0 Å². The predicted molar refractivity (Wildman–Crippen MR) is 87.5 cm³/mol. The highest BCUT2D eigenvalue weighted by atomic mass is 16.2. The molecule has 0 aromatic heterocycles. The Hall–Kier alpha value is -2.06. The van der Waals surface area contributed by atoms with Gasteiger partial charge in [-0.05, 0) is 37.9 Å². The van der Waals surface area contributed by atoms with Gasteiger partial charge in [0.05, 0.1) is 12.6 Å². The minimum Gasteiger partial charge on any atom is -0.375 e. The fourth-order valence-corrected chi connectivity index (χ4v) is 2.75. The number of nitrogens with one attached hydrogen (secondary N) is 1. The topological polar surface area (TPSA) is 59.4 Å². The number of rotatable bonds is 7. The summed E-state index contributed by atoms with van der Waals surface area (Å²) in [6, 6.07) is 12.2. The Morgan fingerprint density at radius 2 is 2.23 bits per heavy atom. The van der Waals surface area contributed by atoms with Gasteiger partial charge in [0.1, 0.15) is 6.04 Å². The number of amides is 1. The van der Waals surface area contributed by atoms with E-state index in [-0.39, 0.29) is 11.9 Å². The standard InChI is InChI=1S/C17H24N4O/c1-20(15-7-3-2-4-8-15)11-6-10-19-14-17(22)21-12-5-9-16(21)13-18/h2-4,7-8,16,19H,5-6,9-12,14H2,1H3/t16-/m0/s1. The van der Waals surface area contributed by atoms with E-state index in [0.29, 0.717) is 6.54 Å². The van der Waals surface area contributed by atoms with E-state index < -0.39 is 0 Å². The van der Waals surface area contributed by atoms with Crippen molar-refractivity contribution in [2.24, 2.45) is 0 Å². The van der Waals surface area contributed by atoms with Crippen molar-refractivity contribution in [3.05, 3.63) is 30.3 Å². The van der Waals surface area contributed by atoms with Crippen LogP contribution >= 0.6 is 0 Å². The summed E-state index contributed by atoms with van der Waals surface area (Å²) in [7, 11) is 2.07. The molecule has 1 aromatic rings. The van der Waals surface area contributed by atoms with Gasteiger partial charge in [0.2, 0.25) is 5.91 Å². The highest BCUT2D eigenvalue weighted by Crippen LogP contribution is 2.16. The second-order valence-corrected chi connectivity index (χ2v) is 5.66. The van der Waals surface area contributed by atoms with Gasteiger partial charge >= 0.3 is 0 Å². The molecule has 1 aliphatic heterocycles. The van der Waals surface area contributed by atoms with E-state index in [2.05, 4.69) is 35.5 Å². The summed E-state index contributed by atoms with van der Waals surface area (Å²) in [5.74, 6) is 0.0421. The van der Waals surface area contributed by atoms with Crippen molar-refractivity contribution >= 4 is 11.6 Å². The number of anilines is 1. The van der Waals surface area contributed by atoms with Crippen molar-refractivity contribution in [1.82, 2.24) is 10.2 Å². The lowest BCUT2D eigenvalue weighted by Crippen LogP contribution is -2.41. The Morgan fingerprint density at radius 3 is 2.95 bits per heavy atom. The van der Waals surface area contributed by atoms with Gasteiger partial charge in [-0.15, -0.1) is 0 Å². The van der Waals surface area contributed by atoms with E-state index >= 15 is 0 Å². The van der Waals surface area contributed by atoms with Gasteiger partial charge in [-0.25, -0.2) is 0 Å². The van der Waals surface area contributed by atoms with Crippen LogP contribution in [0, 0.1) is 11.3 Å². The first-order valence-corrected chi connectivity index (χ1v) is 7.88. The third-order valence-electron chi connectivity index (χ3n) is 4.04. The number of para-hydroxylation sites is 1. The van der Waals surface area contributed by atoms with Gasteiger partial charge in [-0.3, -0.25) is 4.79 Å². The van der Waals surface area contributed by atoms with Gasteiger partial charge in [0, 0.05) is 25.8 Å². The lowest BCUT2D eigenvalue weighted by Gasteiger charge is -2.21. The first kappa shape index (κ1) is 16.3. The maximum absolute atomic E-state index is 12.0. The highest BCUT2D eigenvalue weighted by Gasteiger charge is 2.27. The first-order chi connectivity index (χ1) is 10.7. The molecule has 1 aromatic carbocycles. The molecule has 0 aliphatic carbocycles. The average Bonchev–Trinajstić information content (AvgIpc) is 3.03. The van der Waals surface area contributed by atoms with Crippen LogP contribution < -0.4 is 10.2 Å². The van der Waals surface area contributed by atoms with E-state index in [1.54, 1.807) is 4.90 Å². The second kappa shape index (κ2) is 8.40. The molecule has 1 heterocycles. The molecule has 0 spiro atoms. The predicted octanol–water partition coefficient (Wildman–Crippen LogP) is 1.62. The van der Waals surface area contributed by atoms with Crippen molar-refractivity contribution in [2.45, 2.75) is 25.3 Å². The van der Waals surface area contributed by atoms with Crippen LogP contribution in [0.2, 0.25) is 0 Å². The third-order valence-corrected chi connectivity index (χ3v) is 4.04. The summed E-state index contributed by atoms with van der Waals surface area (Å²) >= 11 is 0. The van der Waals surface area contributed by atoms with Crippen LogP contribution in [0.15, 0.2) is 30.3 Å². The number of hydrogen-bond acceptors (Lipinski definition) is 4. The van der Waals surface area contributed by atoms with Crippen LogP contribution in [0.3, 0.4) is 0 Å². The van der Waals surface area contributed by atoms with E-state index in [1.165, 1.54) is 5.69 Å². The summed E-state index contributed by atoms with van der Waals surface area (Å²) < 4.78 is 0. The van der Waals surface area contributed by atoms with Gasteiger partial charge in [-0.2, -0.15) is 5.26 Å². The van der Waals surface area contributed by atoms with Gasteiger partial charge in [-0.1, -0.05) is 18.2 Å². The van der Waals surface area contributed by atoms with Crippen molar-refractivity contribution < 1.29 is 4.79 Å². The molecule has 0 saturated carbocycles. The molecule has 0 unspecified atom stereocenters. The molecule has 1 aliphatic rings. The molecule has 22 heavy (non-hydrogen) atoms. The average molecular weight is 300 g/mol. The Morgan fingerprint density at radius 1 is 1.45 bits per heavy atom. The normalized spacial score (nSPS) is 17.3. The Kier molecular flexibility index (Phi) is 6.23. The molecular weight excluding hydrogens is 276 g/mol. The molecule has 5 heteroatoms. The number of nitriles is 1. The molecule has 118 valence electrons. The maximum atomic E-state index is 12.0. The first-order valence-electron chi connectivity index (χ1n) is 7.88. The van der Waals surface area contributed by atoms with Crippen molar-refractivity contribution in [2.75, 3.05) is 38.1 Å².